The molecule has 1 saturated heterocycles. The highest BCUT2D eigenvalue weighted by atomic mass is 32.2. The van der Waals surface area contributed by atoms with Crippen molar-refractivity contribution in [3.05, 3.63) is 29.8 Å². The molecular weight excluding hydrogens is 300 g/mol. The molecule has 1 unspecified atom stereocenters. The zero-order chi connectivity index (χ0) is 16.2. The van der Waals surface area contributed by atoms with Crippen LogP contribution >= 0.6 is 0 Å². The van der Waals surface area contributed by atoms with Crippen LogP contribution in [-0.4, -0.2) is 45.2 Å². The van der Waals surface area contributed by atoms with E-state index in [9.17, 15) is 8.42 Å². The predicted octanol–water partition coefficient (Wildman–Crippen LogP) is 2.02. The molecule has 22 heavy (non-hydrogen) atoms. The van der Waals surface area contributed by atoms with Crippen molar-refractivity contribution in [1.29, 1.82) is 0 Å². The molecule has 0 radical (unpaired) electrons. The lowest BCUT2D eigenvalue weighted by Gasteiger charge is -2.36. The molecule has 0 spiro atoms. The van der Waals surface area contributed by atoms with Gasteiger partial charge in [0.2, 0.25) is 10.0 Å². The van der Waals surface area contributed by atoms with Crippen molar-refractivity contribution < 1.29 is 13.2 Å². The molecule has 0 amide bonds. The fourth-order valence-corrected chi connectivity index (χ4v) is 4.68. The summed E-state index contributed by atoms with van der Waals surface area (Å²) < 4.78 is 32.5. The number of hydrogen-bond acceptors (Lipinski definition) is 4. The highest BCUT2D eigenvalue weighted by molar-refractivity contribution is 7.89. The number of methoxy groups -OCH3 is 1. The van der Waals surface area contributed by atoms with Crippen LogP contribution in [0, 0.1) is 5.92 Å². The van der Waals surface area contributed by atoms with E-state index in [1.165, 1.54) is 0 Å². The van der Waals surface area contributed by atoms with Crippen LogP contribution in [0.15, 0.2) is 24.3 Å². The van der Waals surface area contributed by atoms with E-state index in [2.05, 4.69) is 5.32 Å². The molecule has 1 N–H and O–H groups in total. The Kier molecular flexibility index (Phi) is 5.83. The molecule has 0 aromatic heterocycles. The summed E-state index contributed by atoms with van der Waals surface area (Å²) in [7, 11) is -1.65. The van der Waals surface area contributed by atoms with Crippen molar-refractivity contribution in [3.8, 4) is 5.75 Å². The van der Waals surface area contributed by atoms with Crippen LogP contribution in [0.2, 0.25) is 0 Å². The normalized spacial score (nSPS) is 20.3. The Hall–Kier alpha value is -1.11. The van der Waals surface area contributed by atoms with Gasteiger partial charge in [-0.15, -0.1) is 0 Å². The quantitative estimate of drug-likeness (QED) is 0.869. The lowest BCUT2D eigenvalue weighted by molar-refractivity contribution is 0.264. The standard InChI is InChI=1S/C16H26N2O3S/c1-13(2)8-11-22(19,20)18-10-9-17-12-15(18)14-6-4-5-7-16(14)21-3/h4-7,13,15,17H,8-12H2,1-3H3. The summed E-state index contributed by atoms with van der Waals surface area (Å²) in [6.07, 6.45) is 0.685. The number of nitrogens with one attached hydrogen (secondary N) is 1. The smallest absolute Gasteiger partial charge is 0.214 e. The van der Waals surface area contributed by atoms with Gasteiger partial charge in [0.1, 0.15) is 5.75 Å². The third-order valence-corrected chi connectivity index (χ3v) is 5.91. The second kappa shape index (κ2) is 7.44. The first-order valence-electron chi connectivity index (χ1n) is 7.79. The first-order valence-corrected chi connectivity index (χ1v) is 9.39. The van der Waals surface area contributed by atoms with Crippen LogP contribution in [0.4, 0.5) is 0 Å². The van der Waals surface area contributed by atoms with Crippen molar-refractivity contribution in [2.24, 2.45) is 5.92 Å². The molecule has 0 bridgehead atoms. The van der Waals surface area contributed by atoms with Gasteiger partial charge in [-0.05, 0) is 18.4 Å². The minimum atomic E-state index is -3.26. The number of piperazine rings is 1. The van der Waals surface area contributed by atoms with Crippen molar-refractivity contribution in [1.82, 2.24) is 9.62 Å². The third kappa shape index (κ3) is 4.00. The van der Waals surface area contributed by atoms with Gasteiger partial charge in [-0.3, -0.25) is 0 Å². The zero-order valence-corrected chi connectivity index (χ0v) is 14.4. The Morgan fingerprint density at radius 2 is 2.09 bits per heavy atom. The highest BCUT2D eigenvalue weighted by Gasteiger charge is 2.34. The van der Waals surface area contributed by atoms with Crippen LogP contribution in [0.3, 0.4) is 0 Å². The van der Waals surface area contributed by atoms with Gasteiger partial charge in [0, 0.05) is 25.2 Å². The zero-order valence-electron chi connectivity index (χ0n) is 13.6. The SMILES string of the molecule is COc1ccccc1C1CNCCN1S(=O)(=O)CCC(C)C. The molecule has 0 saturated carbocycles. The summed E-state index contributed by atoms with van der Waals surface area (Å²) >= 11 is 0. The maximum absolute atomic E-state index is 12.7. The molecule has 0 aliphatic carbocycles. The topological polar surface area (TPSA) is 58.6 Å². The third-order valence-electron chi connectivity index (χ3n) is 4.00. The molecule has 1 aliphatic heterocycles. The second-order valence-electron chi connectivity index (χ2n) is 6.07. The number of para-hydroxylation sites is 1. The summed E-state index contributed by atoms with van der Waals surface area (Å²) in [6.45, 7) is 5.90. The van der Waals surface area contributed by atoms with E-state index >= 15 is 0 Å². The molecule has 5 nitrogen and oxygen atoms in total. The molecular formula is C16H26N2O3S. The summed E-state index contributed by atoms with van der Waals surface area (Å²) in [5.74, 6) is 1.32. The molecule has 1 fully saturated rings. The van der Waals surface area contributed by atoms with Gasteiger partial charge in [0.25, 0.3) is 0 Å². The molecule has 1 heterocycles. The van der Waals surface area contributed by atoms with Gasteiger partial charge < -0.3 is 10.1 Å². The van der Waals surface area contributed by atoms with E-state index in [0.29, 0.717) is 32.0 Å². The van der Waals surface area contributed by atoms with Gasteiger partial charge in [0.05, 0.1) is 18.9 Å². The Bertz CT molecular complexity index is 587. The Balaban J connectivity index is 2.28. The van der Waals surface area contributed by atoms with Gasteiger partial charge >= 0.3 is 0 Å². The maximum Gasteiger partial charge on any atom is 0.214 e. The van der Waals surface area contributed by atoms with Gasteiger partial charge in [-0.1, -0.05) is 32.0 Å². The van der Waals surface area contributed by atoms with Crippen LogP contribution < -0.4 is 10.1 Å². The van der Waals surface area contributed by atoms with E-state index in [0.717, 1.165) is 11.3 Å². The van der Waals surface area contributed by atoms with Crippen molar-refractivity contribution >= 4 is 10.0 Å². The second-order valence-corrected chi connectivity index (χ2v) is 8.11. The Morgan fingerprint density at radius 3 is 2.77 bits per heavy atom. The van der Waals surface area contributed by atoms with Gasteiger partial charge in [-0.2, -0.15) is 4.31 Å². The van der Waals surface area contributed by atoms with Crippen LogP contribution in [-0.2, 0) is 10.0 Å². The number of hydrogen-bond donors (Lipinski definition) is 1. The summed E-state index contributed by atoms with van der Waals surface area (Å²) in [6, 6.07) is 7.44. The minimum absolute atomic E-state index is 0.205. The summed E-state index contributed by atoms with van der Waals surface area (Å²) in [4.78, 5) is 0. The molecule has 1 aromatic rings. The lowest BCUT2D eigenvalue weighted by atomic mass is 10.0. The molecule has 1 aromatic carbocycles. The van der Waals surface area contributed by atoms with E-state index < -0.39 is 10.0 Å². The molecule has 6 heteroatoms. The largest absolute Gasteiger partial charge is 0.496 e. The minimum Gasteiger partial charge on any atom is -0.496 e. The van der Waals surface area contributed by atoms with Gasteiger partial charge in [-0.25, -0.2) is 8.42 Å². The number of benzene rings is 1. The monoisotopic (exact) mass is 326 g/mol. The fourth-order valence-electron chi connectivity index (χ4n) is 2.73. The average Bonchev–Trinajstić information content (AvgIpc) is 2.53. The molecule has 2 rings (SSSR count). The predicted molar refractivity (Wildman–Crippen MR) is 88.6 cm³/mol. The van der Waals surface area contributed by atoms with Crippen LogP contribution in [0.1, 0.15) is 31.9 Å². The summed E-state index contributed by atoms with van der Waals surface area (Å²) in [5.41, 5.74) is 0.922. The number of rotatable bonds is 6. The number of sulfonamides is 1. The van der Waals surface area contributed by atoms with E-state index in [1.807, 2.05) is 38.1 Å². The number of ether oxygens (including phenoxy) is 1. The first kappa shape index (κ1) is 17.2. The first-order chi connectivity index (χ1) is 10.5. The average molecular weight is 326 g/mol. The van der Waals surface area contributed by atoms with Crippen LogP contribution in [0.5, 0.6) is 5.75 Å². The molecule has 124 valence electrons. The molecule has 1 atom stereocenters. The number of nitrogens with zero attached hydrogens (tertiary/aromatic N) is 1. The van der Waals surface area contributed by atoms with Crippen molar-refractivity contribution in [2.75, 3.05) is 32.5 Å². The van der Waals surface area contributed by atoms with Crippen molar-refractivity contribution in [3.63, 3.8) is 0 Å². The van der Waals surface area contributed by atoms with E-state index in [1.54, 1.807) is 11.4 Å². The Morgan fingerprint density at radius 1 is 1.36 bits per heavy atom. The van der Waals surface area contributed by atoms with E-state index in [4.69, 9.17) is 4.74 Å². The van der Waals surface area contributed by atoms with Gasteiger partial charge in [0.15, 0.2) is 0 Å². The Labute approximate surface area is 133 Å². The fraction of sp³-hybridized carbons (Fsp3) is 0.625. The van der Waals surface area contributed by atoms with E-state index in [-0.39, 0.29) is 11.8 Å². The molecule has 1 aliphatic rings. The van der Waals surface area contributed by atoms with Crippen molar-refractivity contribution in [2.45, 2.75) is 26.3 Å². The maximum atomic E-state index is 12.7. The summed E-state index contributed by atoms with van der Waals surface area (Å²) in [5, 5.41) is 3.29. The lowest BCUT2D eigenvalue weighted by Crippen LogP contribution is -2.49. The van der Waals surface area contributed by atoms with Crippen LogP contribution in [0.25, 0.3) is 0 Å². The highest BCUT2D eigenvalue weighted by Crippen LogP contribution is 2.32.